The second kappa shape index (κ2) is 8.31. The molecular formula is C20H20ClNO5. The summed E-state index contributed by atoms with van der Waals surface area (Å²) >= 11 is 6.19. The van der Waals surface area contributed by atoms with E-state index in [0.29, 0.717) is 30.4 Å². The lowest BCUT2D eigenvalue weighted by Crippen LogP contribution is -2.30. The first kappa shape index (κ1) is 19.0. The lowest BCUT2D eigenvalue weighted by Gasteiger charge is -2.15. The molecule has 0 aliphatic carbocycles. The molecule has 1 N–H and O–H groups in total. The van der Waals surface area contributed by atoms with Crippen LogP contribution in [0.15, 0.2) is 36.4 Å². The van der Waals surface area contributed by atoms with Gasteiger partial charge in [0.2, 0.25) is 0 Å². The molecule has 1 unspecified atom stereocenters. The Balaban J connectivity index is 1.68. The van der Waals surface area contributed by atoms with E-state index in [1.54, 1.807) is 6.07 Å². The van der Waals surface area contributed by atoms with Crippen LogP contribution in [0.5, 0.6) is 11.5 Å². The lowest BCUT2D eigenvalue weighted by molar-refractivity contribution is -0.123. The zero-order chi connectivity index (χ0) is 19.4. The number of carbonyl (C=O) groups is 2. The van der Waals surface area contributed by atoms with Gasteiger partial charge in [-0.05, 0) is 43.7 Å². The van der Waals surface area contributed by atoms with Gasteiger partial charge in [0, 0.05) is 12.1 Å². The summed E-state index contributed by atoms with van der Waals surface area (Å²) < 4.78 is 16.4. The fourth-order valence-electron chi connectivity index (χ4n) is 2.60. The average Bonchev–Trinajstić information content (AvgIpc) is 2.87. The van der Waals surface area contributed by atoms with Gasteiger partial charge in [-0.3, -0.25) is 4.79 Å². The Morgan fingerprint density at radius 3 is 2.74 bits per heavy atom. The summed E-state index contributed by atoms with van der Waals surface area (Å²) in [4.78, 5) is 24.7. The molecule has 1 amide bonds. The minimum absolute atomic E-state index is 0.194. The van der Waals surface area contributed by atoms with E-state index in [9.17, 15) is 9.59 Å². The van der Waals surface area contributed by atoms with Crippen molar-refractivity contribution in [3.05, 3.63) is 52.5 Å². The van der Waals surface area contributed by atoms with E-state index in [1.165, 1.54) is 19.1 Å². The van der Waals surface area contributed by atoms with Gasteiger partial charge < -0.3 is 19.5 Å². The van der Waals surface area contributed by atoms with Crippen LogP contribution in [0.3, 0.4) is 0 Å². The highest BCUT2D eigenvalue weighted by Gasteiger charge is 2.23. The van der Waals surface area contributed by atoms with E-state index in [0.717, 1.165) is 12.0 Å². The monoisotopic (exact) mass is 389 g/mol. The van der Waals surface area contributed by atoms with Crippen molar-refractivity contribution in [2.24, 2.45) is 0 Å². The number of nitrogens with one attached hydrogen (secondary N) is 1. The first-order chi connectivity index (χ1) is 12.9. The Kier molecular flexibility index (Phi) is 5.86. The van der Waals surface area contributed by atoms with Gasteiger partial charge in [0.1, 0.15) is 0 Å². The number of hydrogen-bond acceptors (Lipinski definition) is 5. The van der Waals surface area contributed by atoms with E-state index >= 15 is 0 Å². The number of rotatable bonds is 4. The maximum Gasteiger partial charge on any atom is 0.339 e. The number of ether oxygens (including phenoxy) is 3. The van der Waals surface area contributed by atoms with E-state index < -0.39 is 18.0 Å². The molecule has 0 spiro atoms. The first-order valence-electron chi connectivity index (χ1n) is 8.61. The van der Waals surface area contributed by atoms with Crippen LogP contribution in [-0.4, -0.2) is 31.2 Å². The predicted molar refractivity (Wildman–Crippen MR) is 102 cm³/mol. The minimum atomic E-state index is -0.979. The molecule has 0 saturated heterocycles. The number of aryl methyl sites for hydroxylation is 1. The Morgan fingerprint density at radius 1 is 1.19 bits per heavy atom. The molecule has 0 saturated carbocycles. The molecule has 0 radical (unpaired) electrons. The fourth-order valence-corrected chi connectivity index (χ4v) is 2.86. The molecule has 1 atom stereocenters. The molecule has 142 valence electrons. The van der Waals surface area contributed by atoms with Crippen molar-refractivity contribution in [1.29, 1.82) is 0 Å². The van der Waals surface area contributed by atoms with Crippen LogP contribution < -0.4 is 14.8 Å². The van der Waals surface area contributed by atoms with Crippen molar-refractivity contribution in [3.8, 4) is 11.5 Å². The van der Waals surface area contributed by atoms with Crippen molar-refractivity contribution in [2.45, 2.75) is 26.4 Å². The Hall–Kier alpha value is -2.73. The van der Waals surface area contributed by atoms with Crippen LogP contribution in [-0.2, 0) is 9.53 Å². The zero-order valence-corrected chi connectivity index (χ0v) is 15.8. The normalized spacial score (nSPS) is 14.0. The van der Waals surface area contributed by atoms with Crippen LogP contribution in [0, 0.1) is 6.92 Å². The third-order valence-corrected chi connectivity index (χ3v) is 4.26. The second-order valence-electron chi connectivity index (χ2n) is 6.24. The van der Waals surface area contributed by atoms with E-state index in [2.05, 4.69) is 5.32 Å². The summed E-state index contributed by atoms with van der Waals surface area (Å²) in [7, 11) is 0. The van der Waals surface area contributed by atoms with Crippen LogP contribution >= 0.6 is 11.6 Å². The van der Waals surface area contributed by atoms with Gasteiger partial charge in [0.25, 0.3) is 5.91 Å². The molecule has 0 bridgehead atoms. The summed E-state index contributed by atoms with van der Waals surface area (Å²) in [6.45, 7) is 4.39. The first-order valence-corrected chi connectivity index (χ1v) is 8.99. The topological polar surface area (TPSA) is 73.9 Å². The van der Waals surface area contributed by atoms with E-state index in [1.807, 2.05) is 25.1 Å². The van der Waals surface area contributed by atoms with Gasteiger partial charge in [-0.25, -0.2) is 4.79 Å². The van der Waals surface area contributed by atoms with Gasteiger partial charge in [-0.15, -0.1) is 0 Å². The van der Waals surface area contributed by atoms with Crippen LogP contribution in [0.25, 0.3) is 0 Å². The van der Waals surface area contributed by atoms with Gasteiger partial charge in [0.15, 0.2) is 17.6 Å². The molecule has 1 heterocycles. The van der Waals surface area contributed by atoms with Crippen LogP contribution in [0.4, 0.5) is 5.69 Å². The molecule has 0 aromatic heterocycles. The van der Waals surface area contributed by atoms with Crippen LogP contribution in [0.1, 0.15) is 29.3 Å². The molecule has 0 fully saturated rings. The largest absolute Gasteiger partial charge is 0.489 e. The number of carbonyl (C=O) groups excluding carboxylic acids is 2. The number of hydrogen-bond donors (Lipinski definition) is 1. The SMILES string of the molecule is Cc1cccc(NC(=O)C(C)OC(=O)c2cc(Cl)c3c(c2)OCCCO3)c1. The van der Waals surface area contributed by atoms with Crippen molar-refractivity contribution in [2.75, 3.05) is 18.5 Å². The van der Waals surface area contributed by atoms with E-state index in [-0.39, 0.29) is 10.6 Å². The number of benzene rings is 2. The molecule has 1 aliphatic heterocycles. The van der Waals surface area contributed by atoms with Gasteiger partial charge in [-0.1, -0.05) is 23.7 Å². The van der Waals surface area contributed by atoms with Crippen molar-refractivity contribution < 1.29 is 23.8 Å². The third-order valence-electron chi connectivity index (χ3n) is 3.98. The summed E-state index contributed by atoms with van der Waals surface area (Å²) in [5, 5.41) is 2.98. The number of esters is 1. The molecule has 3 rings (SSSR count). The van der Waals surface area contributed by atoms with Gasteiger partial charge in [-0.2, -0.15) is 0 Å². The molecule has 27 heavy (non-hydrogen) atoms. The Bertz CT molecular complexity index is 867. The highest BCUT2D eigenvalue weighted by molar-refractivity contribution is 6.32. The number of fused-ring (bicyclic) bond motifs is 1. The summed E-state index contributed by atoms with van der Waals surface area (Å²) in [5.74, 6) is -0.284. The quantitative estimate of drug-likeness (QED) is 0.800. The standard InChI is InChI=1S/C20H20ClNO5/c1-12-5-3-6-15(9-12)22-19(23)13(2)27-20(24)14-10-16(21)18-17(11-14)25-7-4-8-26-18/h3,5-6,9-11,13H,4,7-8H2,1-2H3,(H,22,23). The maximum atomic E-state index is 12.4. The maximum absolute atomic E-state index is 12.4. The van der Waals surface area contributed by atoms with Crippen molar-refractivity contribution in [1.82, 2.24) is 0 Å². The summed E-state index contributed by atoms with van der Waals surface area (Å²) in [5.41, 5.74) is 1.85. The van der Waals surface area contributed by atoms with Gasteiger partial charge in [0.05, 0.1) is 23.8 Å². The highest BCUT2D eigenvalue weighted by atomic mass is 35.5. The summed E-state index contributed by atoms with van der Waals surface area (Å²) in [6.07, 6.45) is -0.256. The Labute approximate surface area is 162 Å². The highest BCUT2D eigenvalue weighted by Crippen LogP contribution is 2.38. The van der Waals surface area contributed by atoms with E-state index in [4.69, 9.17) is 25.8 Å². The molecular weight excluding hydrogens is 370 g/mol. The van der Waals surface area contributed by atoms with Gasteiger partial charge >= 0.3 is 5.97 Å². The average molecular weight is 390 g/mol. The van der Waals surface area contributed by atoms with Crippen LogP contribution in [0.2, 0.25) is 5.02 Å². The molecule has 2 aromatic carbocycles. The number of amides is 1. The second-order valence-corrected chi connectivity index (χ2v) is 6.65. The molecule has 2 aromatic rings. The third kappa shape index (κ3) is 4.71. The zero-order valence-electron chi connectivity index (χ0n) is 15.1. The number of halogens is 1. The minimum Gasteiger partial charge on any atom is -0.489 e. The fraction of sp³-hybridized carbons (Fsp3) is 0.300. The smallest absolute Gasteiger partial charge is 0.339 e. The van der Waals surface area contributed by atoms with Crippen molar-refractivity contribution >= 4 is 29.2 Å². The predicted octanol–water partition coefficient (Wildman–Crippen LogP) is 3.99. The lowest BCUT2D eigenvalue weighted by atomic mass is 10.2. The number of anilines is 1. The molecule has 7 heteroatoms. The molecule has 1 aliphatic rings. The Morgan fingerprint density at radius 2 is 1.96 bits per heavy atom. The van der Waals surface area contributed by atoms with Crippen molar-refractivity contribution in [3.63, 3.8) is 0 Å². The summed E-state index contributed by atoms with van der Waals surface area (Å²) in [6, 6.07) is 10.3. The molecule has 6 nitrogen and oxygen atoms in total.